The van der Waals surface area contributed by atoms with Crippen LogP contribution in [0.15, 0.2) is 60.1 Å². The van der Waals surface area contributed by atoms with E-state index in [9.17, 15) is 9.59 Å². The number of fused-ring (bicyclic) bond motifs is 2. The topological polar surface area (TPSA) is 84.4 Å². The number of aromatic nitrogens is 2. The molecular formula is C26H24N4O3S2. The Morgan fingerprint density at radius 2 is 1.80 bits per heavy atom. The molecule has 1 N–H and O–H groups in total. The number of ether oxygens (including phenoxy) is 1. The molecule has 0 radical (unpaired) electrons. The lowest BCUT2D eigenvalue weighted by atomic mass is 9.69. The summed E-state index contributed by atoms with van der Waals surface area (Å²) >= 11 is 2.74. The minimum Gasteiger partial charge on any atom is -0.457 e. The van der Waals surface area contributed by atoms with Gasteiger partial charge in [0.1, 0.15) is 17.0 Å². The van der Waals surface area contributed by atoms with E-state index in [2.05, 4.69) is 15.5 Å². The number of nitrogens with zero attached hydrogens (tertiary/aromatic N) is 3. The molecule has 2 amide bonds. The van der Waals surface area contributed by atoms with Crippen LogP contribution in [-0.4, -0.2) is 41.0 Å². The molecule has 0 fully saturated rings. The molecule has 1 atom stereocenters. The van der Waals surface area contributed by atoms with E-state index in [4.69, 9.17) is 4.74 Å². The Morgan fingerprint density at radius 1 is 1.03 bits per heavy atom. The van der Waals surface area contributed by atoms with Gasteiger partial charge in [-0.15, -0.1) is 21.5 Å². The smallest absolute Gasteiger partial charge is 0.263 e. The highest BCUT2D eigenvalue weighted by Gasteiger charge is 2.43. The van der Waals surface area contributed by atoms with Gasteiger partial charge in [-0.25, -0.2) is 0 Å². The summed E-state index contributed by atoms with van der Waals surface area (Å²) in [5, 5.41) is 11.2. The van der Waals surface area contributed by atoms with Crippen LogP contribution in [0.2, 0.25) is 0 Å². The third-order valence-corrected chi connectivity index (χ3v) is 7.90. The molecule has 0 saturated carbocycles. The van der Waals surface area contributed by atoms with Crippen LogP contribution in [0, 0.1) is 5.41 Å². The third kappa shape index (κ3) is 4.21. The number of thiophene rings is 1. The molecule has 5 rings (SSSR count). The molecule has 0 spiro atoms. The quantitative estimate of drug-likeness (QED) is 0.367. The van der Waals surface area contributed by atoms with Gasteiger partial charge in [0.2, 0.25) is 11.0 Å². The molecule has 0 bridgehead atoms. The maximum atomic E-state index is 13.4. The van der Waals surface area contributed by atoms with Crippen molar-refractivity contribution in [2.75, 3.05) is 19.4 Å². The summed E-state index contributed by atoms with van der Waals surface area (Å²) in [7, 11) is 3.49. The van der Waals surface area contributed by atoms with Crippen LogP contribution < -0.4 is 10.1 Å². The number of hydrogen-bond acceptors (Lipinski definition) is 7. The monoisotopic (exact) mass is 504 g/mol. The molecular weight excluding hydrogens is 480 g/mol. The number of anilines is 1. The second kappa shape index (κ2) is 8.90. The van der Waals surface area contributed by atoms with Gasteiger partial charge in [-0.2, -0.15) is 0 Å². The number of benzene rings is 2. The van der Waals surface area contributed by atoms with Gasteiger partial charge in [0.05, 0.1) is 10.3 Å². The van der Waals surface area contributed by atoms with Crippen LogP contribution in [0.4, 0.5) is 5.13 Å². The summed E-state index contributed by atoms with van der Waals surface area (Å²) in [6.07, 6.45) is 0. The van der Waals surface area contributed by atoms with E-state index in [0.29, 0.717) is 15.8 Å². The van der Waals surface area contributed by atoms with Crippen molar-refractivity contribution in [3.8, 4) is 21.9 Å². The van der Waals surface area contributed by atoms with Gasteiger partial charge in [0, 0.05) is 36.0 Å². The fourth-order valence-electron chi connectivity index (χ4n) is 4.34. The lowest BCUT2D eigenvalue weighted by molar-refractivity contribution is -0.124. The SMILES string of the molecule is CN(C)C(=O)c1ccc(-c2ccc3c(c2)Oc2ccccc2C3C(C)(C)C(=O)Nc2nncs2)s1. The maximum Gasteiger partial charge on any atom is 0.263 e. The zero-order valence-electron chi connectivity index (χ0n) is 19.7. The highest BCUT2D eigenvalue weighted by atomic mass is 32.1. The highest BCUT2D eigenvalue weighted by Crippen LogP contribution is 2.53. The molecule has 2 aromatic heterocycles. The zero-order valence-corrected chi connectivity index (χ0v) is 21.4. The standard InChI is InChI=1S/C26H24N4O3S2/c1-26(2,24(32)28-25-29-27-14-34-25)22-16-7-5-6-8-18(16)33-19-13-15(9-10-17(19)22)20-11-12-21(35-20)23(31)30(3)4/h5-14,22H,1-4H3,(H,28,29,32). The van der Waals surface area contributed by atoms with Crippen LogP contribution in [0.5, 0.6) is 11.5 Å². The first kappa shape index (κ1) is 23.2. The van der Waals surface area contributed by atoms with Crippen molar-refractivity contribution in [3.05, 3.63) is 76.1 Å². The first-order valence-electron chi connectivity index (χ1n) is 11.1. The molecule has 2 aromatic carbocycles. The normalized spacial score (nSPS) is 14.5. The average molecular weight is 505 g/mol. The Labute approximate surface area is 211 Å². The molecule has 4 aromatic rings. The summed E-state index contributed by atoms with van der Waals surface area (Å²) in [6.45, 7) is 3.87. The van der Waals surface area contributed by atoms with Gasteiger partial charge in [-0.3, -0.25) is 9.59 Å². The van der Waals surface area contributed by atoms with Gasteiger partial charge in [-0.05, 0) is 29.8 Å². The molecule has 7 nitrogen and oxygen atoms in total. The second-order valence-corrected chi connectivity index (χ2v) is 11.0. The van der Waals surface area contributed by atoms with Crippen LogP contribution in [-0.2, 0) is 4.79 Å². The van der Waals surface area contributed by atoms with Crippen molar-refractivity contribution in [1.29, 1.82) is 0 Å². The molecule has 0 saturated heterocycles. The van der Waals surface area contributed by atoms with Crippen LogP contribution in [0.25, 0.3) is 10.4 Å². The molecule has 3 heterocycles. The number of carbonyl (C=O) groups excluding carboxylic acids is 2. The third-order valence-electron chi connectivity index (χ3n) is 6.17. The summed E-state index contributed by atoms with van der Waals surface area (Å²) in [4.78, 5) is 29.0. The second-order valence-electron chi connectivity index (χ2n) is 9.11. The predicted octanol–water partition coefficient (Wildman–Crippen LogP) is 5.87. The van der Waals surface area contributed by atoms with E-state index >= 15 is 0 Å². The summed E-state index contributed by atoms with van der Waals surface area (Å²) in [5.74, 6) is 1.04. The number of nitrogens with one attached hydrogen (secondary N) is 1. The van der Waals surface area contributed by atoms with Crippen molar-refractivity contribution in [2.45, 2.75) is 19.8 Å². The molecule has 1 aliphatic heterocycles. The van der Waals surface area contributed by atoms with Gasteiger partial charge >= 0.3 is 0 Å². The Morgan fingerprint density at radius 3 is 2.54 bits per heavy atom. The predicted molar refractivity (Wildman–Crippen MR) is 138 cm³/mol. The van der Waals surface area contributed by atoms with Gasteiger partial charge in [0.15, 0.2) is 0 Å². The van der Waals surface area contributed by atoms with Crippen LogP contribution in [0.1, 0.15) is 40.6 Å². The summed E-state index contributed by atoms with van der Waals surface area (Å²) in [6, 6.07) is 17.7. The fraction of sp³-hybridized carbons (Fsp3) is 0.231. The lowest BCUT2D eigenvalue weighted by Crippen LogP contribution is -2.38. The van der Waals surface area contributed by atoms with E-state index in [1.165, 1.54) is 22.7 Å². The van der Waals surface area contributed by atoms with Crippen LogP contribution in [0.3, 0.4) is 0 Å². The lowest BCUT2D eigenvalue weighted by Gasteiger charge is -2.38. The van der Waals surface area contributed by atoms with Gasteiger partial charge in [0.25, 0.3) is 5.91 Å². The van der Waals surface area contributed by atoms with Crippen molar-refractivity contribution in [3.63, 3.8) is 0 Å². The maximum absolute atomic E-state index is 13.4. The van der Waals surface area contributed by atoms with Crippen molar-refractivity contribution >= 4 is 39.6 Å². The molecule has 9 heteroatoms. The number of amides is 2. The summed E-state index contributed by atoms with van der Waals surface area (Å²) < 4.78 is 6.32. The van der Waals surface area contributed by atoms with Crippen molar-refractivity contribution < 1.29 is 14.3 Å². The Hall–Kier alpha value is -3.56. The highest BCUT2D eigenvalue weighted by molar-refractivity contribution is 7.17. The van der Waals surface area contributed by atoms with E-state index in [1.54, 1.807) is 24.5 Å². The largest absolute Gasteiger partial charge is 0.457 e. The fourth-order valence-corrected chi connectivity index (χ4v) is 5.80. The number of carbonyl (C=O) groups is 2. The molecule has 1 unspecified atom stereocenters. The van der Waals surface area contributed by atoms with E-state index < -0.39 is 5.41 Å². The number of para-hydroxylation sites is 1. The van der Waals surface area contributed by atoms with Crippen molar-refractivity contribution in [2.24, 2.45) is 5.41 Å². The minimum atomic E-state index is -0.809. The van der Waals surface area contributed by atoms with E-state index in [-0.39, 0.29) is 17.7 Å². The Kier molecular flexibility index (Phi) is 5.90. The van der Waals surface area contributed by atoms with Gasteiger partial charge < -0.3 is 15.0 Å². The van der Waals surface area contributed by atoms with Crippen LogP contribution >= 0.6 is 22.7 Å². The van der Waals surface area contributed by atoms with Gasteiger partial charge in [-0.1, -0.05) is 55.5 Å². The van der Waals surface area contributed by atoms with Crippen molar-refractivity contribution in [1.82, 2.24) is 15.1 Å². The Balaban J connectivity index is 1.54. The molecule has 0 aliphatic carbocycles. The first-order valence-corrected chi connectivity index (χ1v) is 12.8. The van der Waals surface area contributed by atoms with E-state index in [0.717, 1.165) is 27.3 Å². The minimum absolute atomic E-state index is 0.0207. The molecule has 1 aliphatic rings. The zero-order chi connectivity index (χ0) is 24.7. The first-order chi connectivity index (χ1) is 16.8. The Bertz CT molecular complexity index is 1410. The average Bonchev–Trinajstić information content (AvgIpc) is 3.54. The number of rotatable bonds is 5. The molecule has 178 valence electrons. The number of hydrogen-bond donors (Lipinski definition) is 1. The molecule has 35 heavy (non-hydrogen) atoms. The summed E-state index contributed by atoms with van der Waals surface area (Å²) in [5.41, 5.74) is 3.63. The van der Waals surface area contributed by atoms with E-state index in [1.807, 2.05) is 68.4 Å².